The number of aliphatic hydroxyl groups is 1. The van der Waals surface area contributed by atoms with Gasteiger partial charge in [0.25, 0.3) is 0 Å². The molecule has 0 spiro atoms. The van der Waals surface area contributed by atoms with Crippen molar-refractivity contribution in [3.8, 4) is 11.1 Å². The van der Waals surface area contributed by atoms with E-state index in [2.05, 4.69) is 11.1 Å². The first-order chi connectivity index (χ1) is 8.08. The minimum atomic E-state index is -0.500. The van der Waals surface area contributed by atoms with Crippen LogP contribution in [0.3, 0.4) is 0 Å². The predicted molar refractivity (Wildman–Crippen MR) is 69.5 cm³/mol. The molecule has 2 rings (SSSR count). The highest BCUT2D eigenvalue weighted by atomic mass is 16.3. The summed E-state index contributed by atoms with van der Waals surface area (Å²) in [5.74, 6) is 0.487. The fraction of sp³-hybridized carbons (Fsp3) is 0.214. The third-order valence-corrected chi connectivity index (χ3v) is 2.75. The van der Waals surface area contributed by atoms with Gasteiger partial charge in [-0.25, -0.2) is 4.98 Å². The summed E-state index contributed by atoms with van der Waals surface area (Å²) >= 11 is 0. The van der Waals surface area contributed by atoms with Crippen LogP contribution in [0.2, 0.25) is 0 Å². The molecule has 3 nitrogen and oxygen atoms in total. The van der Waals surface area contributed by atoms with Gasteiger partial charge < -0.3 is 10.8 Å². The normalized spacial score (nSPS) is 12.4. The van der Waals surface area contributed by atoms with E-state index >= 15 is 0 Å². The molecule has 0 fully saturated rings. The predicted octanol–water partition coefficient (Wildman–Crippen LogP) is 2.69. The Hall–Kier alpha value is -1.87. The standard InChI is InChI=1S/C14H16N2O/c1-9-3-4-12(10(2)17)13(7-9)11-5-6-16-14(15)8-11/h3-8,10,17H,1-2H3,(H2,15,16). The molecule has 88 valence electrons. The Balaban J connectivity index is 2.61. The Morgan fingerprint density at radius 1 is 1.24 bits per heavy atom. The van der Waals surface area contributed by atoms with Crippen LogP contribution in [-0.4, -0.2) is 10.1 Å². The average molecular weight is 228 g/mol. The lowest BCUT2D eigenvalue weighted by atomic mass is 9.95. The molecular formula is C14H16N2O. The minimum absolute atomic E-state index is 0.487. The van der Waals surface area contributed by atoms with Crippen molar-refractivity contribution >= 4 is 5.82 Å². The highest BCUT2D eigenvalue weighted by Gasteiger charge is 2.10. The molecule has 3 N–H and O–H groups in total. The minimum Gasteiger partial charge on any atom is -0.389 e. The van der Waals surface area contributed by atoms with Crippen molar-refractivity contribution in [2.75, 3.05) is 5.73 Å². The monoisotopic (exact) mass is 228 g/mol. The maximum atomic E-state index is 9.78. The third kappa shape index (κ3) is 2.45. The molecular weight excluding hydrogens is 212 g/mol. The van der Waals surface area contributed by atoms with Crippen molar-refractivity contribution < 1.29 is 5.11 Å². The lowest BCUT2D eigenvalue weighted by Gasteiger charge is -2.13. The van der Waals surface area contributed by atoms with E-state index in [1.54, 1.807) is 13.1 Å². The van der Waals surface area contributed by atoms with Crippen LogP contribution in [0.4, 0.5) is 5.82 Å². The van der Waals surface area contributed by atoms with Crippen molar-refractivity contribution in [3.63, 3.8) is 0 Å². The topological polar surface area (TPSA) is 59.1 Å². The highest BCUT2D eigenvalue weighted by Crippen LogP contribution is 2.29. The van der Waals surface area contributed by atoms with Crippen LogP contribution in [0.25, 0.3) is 11.1 Å². The molecule has 1 aromatic carbocycles. The van der Waals surface area contributed by atoms with E-state index in [1.165, 1.54) is 0 Å². The number of hydrogen-bond acceptors (Lipinski definition) is 3. The van der Waals surface area contributed by atoms with Gasteiger partial charge in [0.2, 0.25) is 0 Å². The van der Waals surface area contributed by atoms with Crippen LogP contribution < -0.4 is 5.73 Å². The molecule has 1 unspecified atom stereocenters. The zero-order chi connectivity index (χ0) is 12.4. The number of anilines is 1. The molecule has 0 saturated heterocycles. The van der Waals surface area contributed by atoms with Gasteiger partial charge in [-0.15, -0.1) is 0 Å². The second kappa shape index (κ2) is 4.55. The molecule has 0 aliphatic heterocycles. The molecule has 0 aliphatic carbocycles. The second-order valence-electron chi connectivity index (χ2n) is 4.24. The van der Waals surface area contributed by atoms with Crippen molar-refractivity contribution in [3.05, 3.63) is 47.7 Å². The number of hydrogen-bond donors (Lipinski definition) is 2. The van der Waals surface area contributed by atoms with Crippen molar-refractivity contribution in [1.82, 2.24) is 4.98 Å². The summed E-state index contributed by atoms with van der Waals surface area (Å²) in [5, 5.41) is 9.78. The third-order valence-electron chi connectivity index (χ3n) is 2.75. The van der Waals surface area contributed by atoms with Gasteiger partial charge in [0, 0.05) is 6.20 Å². The Bertz CT molecular complexity index is 535. The van der Waals surface area contributed by atoms with Gasteiger partial charge in [0.1, 0.15) is 5.82 Å². The maximum absolute atomic E-state index is 9.78. The number of aromatic nitrogens is 1. The van der Waals surface area contributed by atoms with Crippen LogP contribution in [0.5, 0.6) is 0 Å². The summed E-state index contributed by atoms with van der Waals surface area (Å²) in [6.07, 6.45) is 1.18. The highest BCUT2D eigenvalue weighted by molar-refractivity contribution is 5.70. The number of aryl methyl sites for hydroxylation is 1. The van der Waals surface area contributed by atoms with Gasteiger partial charge in [0.15, 0.2) is 0 Å². The van der Waals surface area contributed by atoms with E-state index in [4.69, 9.17) is 5.73 Å². The van der Waals surface area contributed by atoms with Crippen LogP contribution in [0, 0.1) is 6.92 Å². The van der Waals surface area contributed by atoms with Gasteiger partial charge in [-0.2, -0.15) is 0 Å². The number of nitrogens with zero attached hydrogens (tertiary/aromatic N) is 1. The maximum Gasteiger partial charge on any atom is 0.123 e. The summed E-state index contributed by atoms with van der Waals surface area (Å²) in [6, 6.07) is 9.72. The molecule has 0 saturated carbocycles. The van der Waals surface area contributed by atoms with E-state index < -0.39 is 6.10 Å². The molecule has 0 bridgehead atoms. The molecule has 2 aromatic rings. The van der Waals surface area contributed by atoms with Gasteiger partial charge in [-0.05, 0) is 42.7 Å². The molecule has 1 atom stereocenters. The zero-order valence-electron chi connectivity index (χ0n) is 10.0. The largest absolute Gasteiger partial charge is 0.389 e. The first-order valence-electron chi connectivity index (χ1n) is 5.58. The summed E-state index contributed by atoms with van der Waals surface area (Å²) < 4.78 is 0. The SMILES string of the molecule is Cc1ccc(C(C)O)c(-c2ccnc(N)c2)c1. The number of pyridine rings is 1. The van der Waals surface area contributed by atoms with Crippen LogP contribution in [0.1, 0.15) is 24.2 Å². The Morgan fingerprint density at radius 2 is 2.00 bits per heavy atom. The molecule has 1 heterocycles. The fourth-order valence-electron chi connectivity index (χ4n) is 1.90. The van der Waals surface area contributed by atoms with Gasteiger partial charge in [-0.3, -0.25) is 0 Å². The van der Waals surface area contributed by atoms with E-state index in [9.17, 15) is 5.11 Å². The van der Waals surface area contributed by atoms with Crippen molar-refractivity contribution in [1.29, 1.82) is 0 Å². The quantitative estimate of drug-likeness (QED) is 0.830. The summed E-state index contributed by atoms with van der Waals surface area (Å²) in [6.45, 7) is 3.79. The molecule has 0 radical (unpaired) electrons. The van der Waals surface area contributed by atoms with Crippen molar-refractivity contribution in [2.45, 2.75) is 20.0 Å². The molecule has 3 heteroatoms. The van der Waals surface area contributed by atoms with E-state index in [1.807, 2.05) is 31.2 Å². The summed E-state index contributed by atoms with van der Waals surface area (Å²) in [4.78, 5) is 3.98. The second-order valence-corrected chi connectivity index (χ2v) is 4.24. The first-order valence-corrected chi connectivity index (χ1v) is 5.58. The summed E-state index contributed by atoms with van der Waals surface area (Å²) in [7, 11) is 0. The number of aliphatic hydroxyl groups excluding tert-OH is 1. The molecule has 1 aromatic heterocycles. The number of nitrogen functional groups attached to an aromatic ring is 1. The number of benzene rings is 1. The molecule has 0 aliphatic rings. The van der Waals surface area contributed by atoms with Gasteiger partial charge >= 0.3 is 0 Å². The molecule has 17 heavy (non-hydrogen) atoms. The van der Waals surface area contributed by atoms with Crippen LogP contribution in [-0.2, 0) is 0 Å². The Labute approximate surface area is 101 Å². The average Bonchev–Trinajstić information content (AvgIpc) is 2.28. The lowest BCUT2D eigenvalue weighted by molar-refractivity contribution is 0.200. The number of rotatable bonds is 2. The van der Waals surface area contributed by atoms with Crippen LogP contribution >= 0.6 is 0 Å². The smallest absolute Gasteiger partial charge is 0.123 e. The van der Waals surface area contributed by atoms with Crippen LogP contribution in [0.15, 0.2) is 36.5 Å². The van der Waals surface area contributed by atoms with E-state index in [0.717, 1.165) is 22.3 Å². The van der Waals surface area contributed by atoms with Gasteiger partial charge in [-0.1, -0.05) is 23.8 Å². The van der Waals surface area contributed by atoms with Gasteiger partial charge in [0.05, 0.1) is 6.10 Å². The molecule has 0 amide bonds. The Morgan fingerprint density at radius 3 is 2.65 bits per heavy atom. The fourth-order valence-corrected chi connectivity index (χ4v) is 1.90. The summed E-state index contributed by atoms with van der Waals surface area (Å²) in [5.41, 5.74) is 9.73. The lowest BCUT2D eigenvalue weighted by Crippen LogP contribution is -1.97. The zero-order valence-corrected chi connectivity index (χ0v) is 10.0. The van der Waals surface area contributed by atoms with Crippen molar-refractivity contribution in [2.24, 2.45) is 0 Å². The number of nitrogens with two attached hydrogens (primary N) is 1. The van der Waals surface area contributed by atoms with E-state index in [-0.39, 0.29) is 0 Å². The van der Waals surface area contributed by atoms with E-state index in [0.29, 0.717) is 5.82 Å². The Kier molecular flexibility index (Phi) is 3.11. The first kappa shape index (κ1) is 11.6.